The zero-order chi connectivity index (χ0) is 9.26. The molecule has 0 aliphatic heterocycles. The summed E-state index contributed by atoms with van der Waals surface area (Å²) in [6.07, 6.45) is 2.63. The first-order valence-electron chi connectivity index (χ1n) is 3.95. The van der Waals surface area contributed by atoms with Crippen molar-refractivity contribution in [3.05, 3.63) is 30.0 Å². The fourth-order valence-corrected chi connectivity index (χ4v) is 1.38. The van der Waals surface area contributed by atoms with Crippen LogP contribution in [0.15, 0.2) is 24.4 Å². The molecule has 2 rings (SSSR count). The summed E-state index contributed by atoms with van der Waals surface area (Å²) in [5.41, 5.74) is 1.57. The van der Waals surface area contributed by atoms with Gasteiger partial charge in [0, 0.05) is 28.7 Å². The minimum Gasteiger partial charge on any atom is -0.497 e. The molecule has 1 N–H and O–H groups in total. The number of hydrogen-bond acceptors (Lipinski definition) is 2. The van der Waals surface area contributed by atoms with Crippen molar-refractivity contribution in [3.63, 3.8) is 0 Å². The van der Waals surface area contributed by atoms with E-state index < -0.39 is 0 Å². The lowest BCUT2D eigenvalue weighted by atomic mass is 10.1. The summed E-state index contributed by atoms with van der Waals surface area (Å²) in [4.78, 5) is 13.7. The summed E-state index contributed by atoms with van der Waals surface area (Å²) in [7, 11) is 1.58. The number of carbonyl (C=O) groups is 1. The van der Waals surface area contributed by atoms with Gasteiger partial charge in [0.15, 0.2) is 6.29 Å². The Hall–Kier alpha value is -1.77. The smallest absolute Gasteiger partial charge is 0.150 e. The van der Waals surface area contributed by atoms with Crippen LogP contribution < -0.4 is 4.74 Å². The molecule has 1 heterocycles. The summed E-state index contributed by atoms with van der Waals surface area (Å²) in [6.45, 7) is 0. The van der Waals surface area contributed by atoms with Crippen LogP contribution in [0, 0.1) is 0 Å². The quantitative estimate of drug-likeness (QED) is 0.709. The minimum absolute atomic E-state index is 0.649. The molecule has 1 aromatic carbocycles. The maximum atomic E-state index is 10.7. The lowest BCUT2D eigenvalue weighted by Crippen LogP contribution is -1.86. The fraction of sp³-hybridized carbons (Fsp3) is 0.100. The maximum Gasteiger partial charge on any atom is 0.150 e. The first-order chi connectivity index (χ1) is 6.35. The van der Waals surface area contributed by atoms with Crippen LogP contribution in [0.4, 0.5) is 0 Å². The molecule has 0 bridgehead atoms. The van der Waals surface area contributed by atoms with E-state index in [-0.39, 0.29) is 0 Å². The third-order valence-electron chi connectivity index (χ3n) is 2.04. The van der Waals surface area contributed by atoms with Gasteiger partial charge in [0.2, 0.25) is 0 Å². The largest absolute Gasteiger partial charge is 0.497 e. The number of methoxy groups -OCH3 is 1. The lowest BCUT2D eigenvalue weighted by Gasteiger charge is -2.01. The predicted molar refractivity (Wildman–Crippen MR) is 50.2 cm³/mol. The number of aromatic nitrogens is 1. The van der Waals surface area contributed by atoms with Crippen molar-refractivity contribution in [1.29, 1.82) is 0 Å². The normalized spacial score (nSPS) is 10.2. The average Bonchev–Trinajstić information content (AvgIpc) is 2.63. The van der Waals surface area contributed by atoms with Crippen LogP contribution in [-0.4, -0.2) is 18.4 Å². The van der Waals surface area contributed by atoms with Crippen molar-refractivity contribution in [2.75, 3.05) is 7.11 Å². The number of aldehydes is 1. The van der Waals surface area contributed by atoms with E-state index in [4.69, 9.17) is 4.74 Å². The SMILES string of the molecule is COc1cc(C=O)c2cc[nH]c2c1. The monoisotopic (exact) mass is 175 g/mol. The topological polar surface area (TPSA) is 42.1 Å². The fourth-order valence-electron chi connectivity index (χ4n) is 1.38. The first kappa shape index (κ1) is 7.86. The van der Waals surface area contributed by atoms with Gasteiger partial charge in [0.1, 0.15) is 5.75 Å². The van der Waals surface area contributed by atoms with E-state index in [1.54, 1.807) is 19.4 Å². The van der Waals surface area contributed by atoms with E-state index in [0.29, 0.717) is 11.3 Å². The lowest BCUT2D eigenvalue weighted by molar-refractivity contribution is 0.112. The highest BCUT2D eigenvalue weighted by molar-refractivity contribution is 5.97. The highest BCUT2D eigenvalue weighted by Crippen LogP contribution is 2.22. The highest BCUT2D eigenvalue weighted by Gasteiger charge is 2.03. The Bertz CT molecular complexity index is 445. The molecular weight excluding hydrogens is 166 g/mol. The number of nitrogens with one attached hydrogen (secondary N) is 1. The van der Waals surface area contributed by atoms with Gasteiger partial charge in [0.05, 0.1) is 7.11 Å². The van der Waals surface area contributed by atoms with Gasteiger partial charge in [-0.2, -0.15) is 0 Å². The van der Waals surface area contributed by atoms with E-state index >= 15 is 0 Å². The Kier molecular flexibility index (Phi) is 1.77. The number of ether oxygens (including phenoxy) is 1. The van der Waals surface area contributed by atoms with Gasteiger partial charge in [-0.05, 0) is 12.1 Å². The number of rotatable bonds is 2. The number of carbonyl (C=O) groups excluding carboxylic acids is 1. The zero-order valence-electron chi connectivity index (χ0n) is 7.20. The van der Waals surface area contributed by atoms with Crippen molar-refractivity contribution >= 4 is 17.2 Å². The second-order valence-corrected chi connectivity index (χ2v) is 2.77. The second-order valence-electron chi connectivity index (χ2n) is 2.77. The molecule has 13 heavy (non-hydrogen) atoms. The Morgan fingerprint density at radius 2 is 2.31 bits per heavy atom. The molecule has 66 valence electrons. The van der Waals surface area contributed by atoms with Gasteiger partial charge in [-0.15, -0.1) is 0 Å². The van der Waals surface area contributed by atoms with Crippen LogP contribution in [0.3, 0.4) is 0 Å². The van der Waals surface area contributed by atoms with Gasteiger partial charge in [0.25, 0.3) is 0 Å². The summed E-state index contributed by atoms with van der Waals surface area (Å²) in [5, 5.41) is 0.927. The van der Waals surface area contributed by atoms with Crippen molar-refractivity contribution < 1.29 is 9.53 Å². The Balaban J connectivity index is 2.77. The first-order valence-corrected chi connectivity index (χ1v) is 3.95. The van der Waals surface area contributed by atoms with Crippen molar-refractivity contribution in [3.8, 4) is 5.75 Å². The Morgan fingerprint density at radius 1 is 1.46 bits per heavy atom. The minimum atomic E-state index is 0.649. The number of fused-ring (bicyclic) bond motifs is 1. The summed E-state index contributed by atoms with van der Waals surface area (Å²) < 4.78 is 5.06. The van der Waals surface area contributed by atoms with Crippen molar-refractivity contribution in [2.45, 2.75) is 0 Å². The maximum absolute atomic E-state index is 10.7. The van der Waals surface area contributed by atoms with E-state index in [9.17, 15) is 4.79 Å². The average molecular weight is 175 g/mol. The second kappa shape index (κ2) is 2.94. The standard InChI is InChI=1S/C10H9NO2/c1-13-8-4-7(6-12)9-2-3-11-10(9)5-8/h2-6,11H,1H3. The molecule has 2 aromatic rings. The van der Waals surface area contributed by atoms with Crippen LogP contribution in [-0.2, 0) is 0 Å². The molecule has 0 aliphatic rings. The van der Waals surface area contributed by atoms with Gasteiger partial charge in [-0.1, -0.05) is 0 Å². The van der Waals surface area contributed by atoms with E-state index in [1.165, 1.54) is 0 Å². The number of hydrogen-bond donors (Lipinski definition) is 1. The van der Waals surface area contributed by atoms with Gasteiger partial charge in [-0.25, -0.2) is 0 Å². The third-order valence-corrected chi connectivity index (χ3v) is 2.04. The molecule has 0 atom stereocenters. The molecule has 0 radical (unpaired) electrons. The highest BCUT2D eigenvalue weighted by atomic mass is 16.5. The van der Waals surface area contributed by atoms with Crippen LogP contribution in [0.2, 0.25) is 0 Å². The summed E-state index contributed by atoms with van der Waals surface area (Å²) >= 11 is 0. The predicted octanol–water partition coefficient (Wildman–Crippen LogP) is 1.99. The molecule has 1 aromatic heterocycles. The number of H-pyrrole nitrogens is 1. The number of benzene rings is 1. The molecule has 0 unspecified atom stereocenters. The number of aromatic amines is 1. The summed E-state index contributed by atoms with van der Waals surface area (Å²) in [5.74, 6) is 0.692. The molecule has 0 aliphatic carbocycles. The van der Waals surface area contributed by atoms with Crippen LogP contribution in [0.25, 0.3) is 10.9 Å². The van der Waals surface area contributed by atoms with Gasteiger partial charge < -0.3 is 9.72 Å². The van der Waals surface area contributed by atoms with E-state index in [1.807, 2.05) is 12.1 Å². The van der Waals surface area contributed by atoms with Crippen molar-refractivity contribution in [2.24, 2.45) is 0 Å². The van der Waals surface area contributed by atoms with Crippen LogP contribution in [0.1, 0.15) is 10.4 Å². The van der Waals surface area contributed by atoms with E-state index in [0.717, 1.165) is 17.2 Å². The van der Waals surface area contributed by atoms with Crippen molar-refractivity contribution in [1.82, 2.24) is 4.98 Å². The third kappa shape index (κ3) is 1.18. The van der Waals surface area contributed by atoms with Crippen LogP contribution in [0.5, 0.6) is 5.75 Å². The molecule has 0 saturated carbocycles. The Labute approximate surface area is 75.3 Å². The molecule has 0 spiro atoms. The van der Waals surface area contributed by atoms with Gasteiger partial charge in [-0.3, -0.25) is 4.79 Å². The Morgan fingerprint density at radius 3 is 3.00 bits per heavy atom. The summed E-state index contributed by atoms with van der Waals surface area (Å²) in [6, 6.07) is 5.46. The molecule has 3 heteroatoms. The van der Waals surface area contributed by atoms with Crippen LogP contribution >= 0.6 is 0 Å². The molecule has 0 fully saturated rings. The molecular formula is C10H9NO2. The zero-order valence-corrected chi connectivity index (χ0v) is 7.20. The molecule has 0 saturated heterocycles. The molecule has 3 nitrogen and oxygen atoms in total. The van der Waals surface area contributed by atoms with Gasteiger partial charge >= 0.3 is 0 Å². The van der Waals surface area contributed by atoms with E-state index in [2.05, 4.69) is 4.98 Å². The molecule has 0 amide bonds.